The Bertz CT molecular complexity index is 718. The summed E-state index contributed by atoms with van der Waals surface area (Å²) >= 11 is 0. The Morgan fingerprint density at radius 3 is 2.29 bits per heavy atom. The van der Waals surface area contributed by atoms with E-state index in [0.29, 0.717) is 0 Å². The fourth-order valence-electron chi connectivity index (χ4n) is 2.53. The number of fused-ring (bicyclic) bond motifs is 1. The van der Waals surface area contributed by atoms with E-state index in [9.17, 15) is 4.79 Å². The van der Waals surface area contributed by atoms with E-state index in [1.165, 1.54) is 5.56 Å². The molecule has 1 aliphatic heterocycles. The number of para-hydroxylation sites is 1. The zero-order valence-corrected chi connectivity index (χ0v) is 12.6. The van der Waals surface area contributed by atoms with Crippen molar-refractivity contribution in [3.8, 4) is 0 Å². The molecule has 0 radical (unpaired) electrons. The standard InChI is InChI=1S/C19H19NO/c1-19(2,3)14-10-8-13(9-11-14)12-16-15-6-4-5-7-17(15)20-18(16)21/h4-12H,1-3H3,(H,20,21). The van der Waals surface area contributed by atoms with Crippen LogP contribution in [0.25, 0.3) is 11.6 Å². The zero-order valence-electron chi connectivity index (χ0n) is 12.6. The van der Waals surface area contributed by atoms with E-state index in [1.807, 2.05) is 30.3 Å². The molecule has 2 heteroatoms. The van der Waals surface area contributed by atoms with Gasteiger partial charge in [-0.25, -0.2) is 0 Å². The van der Waals surface area contributed by atoms with E-state index in [-0.39, 0.29) is 11.3 Å². The highest BCUT2D eigenvalue weighted by atomic mass is 16.2. The quantitative estimate of drug-likeness (QED) is 0.765. The number of nitrogens with one attached hydrogen (secondary N) is 1. The van der Waals surface area contributed by atoms with Crippen molar-refractivity contribution in [1.82, 2.24) is 0 Å². The Labute approximate surface area is 125 Å². The first-order valence-corrected chi connectivity index (χ1v) is 7.18. The number of rotatable bonds is 1. The van der Waals surface area contributed by atoms with E-state index >= 15 is 0 Å². The molecule has 1 amide bonds. The highest BCUT2D eigenvalue weighted by Crippen LogP contribution is 2.33. The molecule has 2 nitrogen and oxygen atoms in total. The normalized spacial score (nSPS) is 16.0. The Hall–Kier alpha value is -2.35. The van der Waals surface area contributed by atoms with Crippen molar-refractivity contribution in [2.45, 2.75) is 26.2 Å². The minimum atomic E-state index is -0.0314. The van der Waals surface area contributed by atoms with Gasteiger partial charge in [0.25, 0.3) is 5.91 Å². The molecule has 0 bridgehead atoms. The summed E-state index contributed by atoms with van der Waals surface area (Å²) in [5.41, 5.74) is 5.07. The SMILES string of the molecule is CC(C)(C)c1ccc(C=C2C(=O)Nc3ccccc32)cc1. The first-order chi connectivity index (χ1) is 9.95. The minimum Gasteiger partial charge on any atom is -0.321 e. The van der Waals surface area contributed by atoms with Gasteiger partial charge in [0, 0.05) is 16.8 Å². The van der Waals surface area contributed by atoms with E-state index in [4.69, 9.17) is 0 Å². The van der Waals surface area contributed by atoms with Crippen LogP contribution < -0.4 is 5.32 Å². The van der Waals surface area contributed by atoms with Gasteiger partial charge in [-0.15, -0.1) is 0 Å². The van der Waals surface area contributed by atoms with Gasteiger partial charge in [-0.3, -0.25) is 4.79 Å². The largest absolute Gasteiger partial charge is 0.321 e. The third-order valence-corrected chi connectivity index (χ3v) is 3.80. The smallest absolute Gasteiger partial charge is 0.256 e. The lowest BCUT2D eigenvalue weighted by Crippen LogP contribution is -2.10. The van der Waals surface area contributed by atoms with Crippen LogP contribution >= 0.6 is 0 Å². The van der Waals surface area contributed by atoms with Crippen LogP contribution in [0, 0.1) is 0 Å². The van der Waals surface area contributed by atoms with Gasteiger partial charge in [-0.05, 0) is 28.7 Å². The van der Waals surface area contributed by atoms with Crippen LogP contribution in [0.15, 0.2) is 48.5 Å². The molecule has 106 valence electrons. The summed E-state index contributed by atoms with van der Waals surface area (Å²) in [4.78, 5) is 12.1. The van der Waals surface area contributed by atoms with E-state index in [1.54, 1.807) is 0 Å². The second-order valence-electron chi connectivity index (χ2n) is 6.43. The maximum Gasteiger partial charge on any atom is 0.256 e. The van der Waals surface area contributed by atoms with Crippen LogP contribution in [0.2, 0.25) is 0 Å². The number of hydrogen-bond donors (Lipinski definition) is 1. The molecule has 2 aromatic rings. The molecule has 2 aromatic carbocycles. The lowest BCUT2D eigenvalue weighted by Gasteiger charge is -2.18. The summed E-state index contributed by atoms with van der Waals surface area (Å²) in [6.45, 7) is 6.59. The summed E-state index contributed by atoms with van der Waals surface area (Å²) in [6.07, 6.45) is 1.95. The van der Waals surface area contributed by atoms with Crippen LogP contribution in [0.5, 0.6) is 0 Å². The maximum atomic E-state index is 12.1. The van der Waals surface area contributed by atoms with Crippen molar-refractivity contribution in [2.24, 2.45) is 0 Å². The molecule has 0 unspecified atom stereocenters. The minimum absolute atomic E-state index is 0.0314. The number of hydrogen-bond acceptors (Lipinski definition) is 1. The molecule has 21 heavy (non-hydrogen) atoms. The average Bonchev–Trinajstić information content (AvgIpc) is 2.75. The van der Waals surface area contributed by atoms with Gasteiger partial charge in [0.2, 0.25) is 0 Å². The number of anilines is 1. The van der Waals surface area contributed by atoms with Gasteiger partial charge in [0.1, 0.15) is 0 Å². The third-order valence-electron chi connectivity index (χ3n) is 3.80. The first-order valence-electron chi connectivity index (χ1n) is 7.18. The lowest BCUT2D eigenvalue weighted by molar-refractivity contribution is -0.110. The number of benzene rings is 2. The first kappa shape index (κ1) is 13.6. The summed E-state index contributed by atoms with van der Waals surface area (Å²) in [6, 6.07) is 16.2. The topological polar surface area (TPSA) is 29.1 Å². The number of amides is 1. The molecule has 0 atom stereocenters. The molecule has 0 fully saturated rings. The predicted molar refractivity (Wildman–Crippen MR) is 88.1 cm³/mol. The van der Waals surface area contributed by atoms with Gasteiger partial charge in [0.05, 0.1) is 0 Å². The summed E-state index contributed by atoms with van der Waals surface area (Å²) in [5.74, 6) is -0.0314. The van der Waals surface area contributed by atoms with Crippen molar-refractivity contribution in [3.63, 3.8) is 0 Å². The highest BCUT2D eigenvalue weighted by Gasteiger charge is 2.23. The summed E-state index contributed by atoms with van der Waals surface area (Å²) in [7, 11) is 0. The van der Waals surface area contributed by atoms with Crippen molar-refractivity contribution in [3.05, 3.63) is 65.2 Å². The van der Waals surface area contributed by atoms with Crippen LogP contribution in [0.1, 0.15) is 37.5 Å². The van der Waals surface area contributed by atoms with Crippen molar-refractivity contribution < 1.29 is 4.79 Å². The van der Waals surface area contributed by atoms with E-state index < -0.39 is 0 Å². The lowest BCUT2D eigenvalue weighted by atomic mass is 9.86. The Morgan fingerprint density at radius 2 is 1.62 bits per heavy atom. The molecule has 0 saturated heterocycles. The molecule has 1 heterocycles. The van der Waals surface area contributed by atoms with Gasteiger partial charge < -0.3 is 5.32 Å². The Kier molecular flexibility index (Phi) is 3.17. The molecule has 0 saturated carbocycles. The highest BCUT2D eigenvalue weighted by molar-refractivity contribution is 6.34. The third kappa shape index (κ3) is 2.62. The average molecular weight is 277 g/mol. The monoisotopic (exact) mass is 277 g/mol. The zero-order chi connectivity index (χ0) is 15.0. The van der Waals surface area contributed by atoms with Crippen LogP contribution in [0.4, 0.5) is 5.69 Å². The van der Waals surface area contributed by atoms with Crippen LogP contribution in [-0.2, 0) is 10.2 Å². The second kappa shape index (κ2) is 4.88. The van der Waals surface area contributed by atoms with E-state index in [0.717, 1.165) is 22.4 Å². The van der Waals surface area contributed by atoms with Gasteiger partial charge in [-0.2, -0.15) is 0 Å². The van der Waals surface area contributed by atoms with Crippen molar-refractivity contribution in [2.75, 3.05) is 5.32 Å². The molecule has 0 spiro atoms. The molecule has 1 N–H and O–H groups in total. The summed E-state index contributed by atoms with van der Waals surface area (Å²) in [5, 5.41) is 2.90. The van der Waals surface area contributed by atoms with Gasteiger partial charge in [0.15, 0.2) is 0 Å². The fraction of sp³-hybridized carbons (Fsp3) is 0.211. The molecular weight excluding hydrogens is 258 g/mol. The van der Waals surface area contributed by atoms with Gasteiger partial charge >= 0.3 is 0 Å². The molecule has 1 aliphatic rings. The molecule has 0 aliphatic carbocycles. The second-order valence-corrected chi connectivity index (χ2v) is 6.43. The van der Waals surface area contributed by atoms with Crippen molar-refractivity contribution >= 4 is 23.2 Å². The Balaban J connectivity index is 1.97. The predicted octanol–water partition coefficient (Wildman–Crippen LogP) is 4.48. The number of carbonyl (C=O) groups is 1. The summed E-state index contributed by atoms with van der Waals surface area (Å²) < 4.78 is 0. The van der Waals surface area contributed by atoms with Crippen LogP contribution in [0.3, 0.4) is 0 Å². The Morgan fingerprint density at radius 1 is 0.952 bits per heavy atom. The fourth-order valence-corrected chi connectivity index (χ4v) is 2.53. The molecule has 3 rings (SSSR count). The maximum absolute atomic E-state index is 12.1. The molecular formula is C19H19NO. The van der Waals surface area contributed by atoms with Gasteiger partial charge in [-0.1, -0.05) is 63.2 Å². The van der Waals surface area contributed by atoms with Crippen molar-refractivity contribution in [1.29, 1.82) is 0 Å². The van der Waals surface area contributed by atoms with E-state index in [2.05, 4.69) is 50.4 Å². The molecule has 0 aromatic heterocycles. The van der Waals surface area contributed by atoms with Crippen LogP contribution in [-0.4, -0.2) is 5.91 Å². The number of carbonyl (C=O) groups excluding carboxylic acids is 1.